The third kappa shape index (κ3) is 2.41. The summed E-state index contributed by atoms with van der Waals surface area (Å²) >= 11 is 1.62. The molecule has 0 saturated carbocycles. The molecule has 2 saturated heterocycles. The molecule has 1 aromatic heterocycles. The van der Waals surface area contributed by atoms with Gasteiger partial charge in [-0.3, -0.25) is 4.90 Å². The van der Waals surface area contributed by atoms with E-state index in [-0.39, 0.29) is 6.42 Å². The summed E-state index contributed by atoms with van der Waals surface area (Å²) in [5.41, 5.74) is 0.141. The maximum atomic E-state index is 14.2. The van der Waals surface area contributed by atoms with Crippen LogP contribution >= 0.6 is 11.3 Å². The molecule has 0 aliphatic carbocycles. The van der Waals surface area contributed by atoms with Gasteiger partial charge in [0, 0.05) is 38.0 Å². The van der Waals surface area contributed by atoms with E-state index in [0.717, 1.165) is 17.2 Å². The molecule has 3 rings (SSSR count). The Labute approximate surface area is 116 Å². The van der Waals surface area contributed by atoms with Gasteiger partial charge in [0.1, 0.15) is 0 Å². The summed E-state index contributed by atoms with van der Waals surface area (Å²) in [6, 6.07) is 0. The van der Waals surface area contributed by atoms with Gasteiger partial charge in [-0.05, 0) is 19.9 Å². The van der Waals surface area contributed by atoms with E-state index in [1.807, 2.05) is 12.3 Å². The molecule has 6 heteroatoms. The second kappa shape index (κ2) is 4.75. The van der Waals surface area contributed by atoms with Crippen molar-refractivity contribution in [2.75, 3.05) is 26.2 Å². The fourth-order valence-electron chi connectivity index (χ4n) is 3.21. The highest BCUT2D eigenvalue weighted by Gasteiger charge is 2.57. The molecule has 2 fully saturated rings. The number of hydrogen-bond acceptors (Lipinski definition) is 4. The number of nitrogens with zero attached hydrogens (tertiary/aromatic N) is 2. The summed E-state index contributed by atoms with van der Waals surface area (Å²) in [4.78, 5) is 6.54. The highest BCUT2D eigenvalue weighted by atomic mass is 32.1. The number of rotatable bonds is 2. The summed E-state index contributed by atoms with van der Waals surface area (Å²) in [5, 5.41) is 6.20. The lowest BCUT2D eigenvalue weighted by molar-refractivity contribution is -0.135. The quantitative estimate of drug-likeness (QED) is 0.904. The first-order chi connectivity index (χ1) is 9.01. The molecule has 1 aromatic rings. The van der Waals surface area contributed by atoms with Crippen LogP contribution in [0.15, 0.2) is 5.38 Å². The van der Waals surface area contributed by atoms with Crippen molar-refractivity contribution in [3.63, 3.8) is 0 Å². The van der Waals surface area contributed by atoms with E-state index in [1.54, 1.807) is 11.3 Å². The lowest BCUT2D eigenvalue weighted by Crippen LogP contribution is -2.55. The zero-order valence-corrected chi connectivity index (χ0v) is 11.9. The first kappa shape index (κ1) is 13.4. The Balaban J connectivity index is 1.69. The summed E-state index contributed by atoms with van der Waals surface area (Å²) in [7, 11) is 0. The summed E-state index contributed by atoms with van der Waals surface area (Å²) in [6.07, 6.45) is 0.548. The van der Waals surface area contributed by atoms with Crippen molar-refractivity contribution in [1.29, 1.82) is 0 Å². The molecule has 3 nitrogen and oxygen atoms in total. The van der Waals surface area contributed by atoms with Gasteiger partial charge in [0.2, 0.25) is 0 Å². The number of likely N-dealkylation sites (tertiary alicyclic amines) is 1. The Hall–Kier alpha value is -0.590. The fraction of sp³-hybridized carbons (Fsp3) is 0.769. The molecule has 1 atom stereocenters. The van der Waals surface area contributed by atoms with Crippen molar-refractivity contribution in [2.45, 2.75) is 32.2 Å². The normalized spacial score (nSPS) is 31.1. The van der Waals surface area contributed by atoms with Crippen LogP contribution in [-0.2, 0) is 6.54 Å². The highest BCUT2D eigenvalue weighted by Crippen LogP contribution is 2.47. The van der Waals surface area contributed by atoms with Crippen LogP contribution in [0.5, 0.6) is 0 Å². The van der Waals surface area contributed by atoms with Gasteiger partial charge in [-0.25, -0.2) is 13.8 Å². The van der Waals surface area contributed by atoms with Gasteiger partial charge in [0.05, 0.1) is 16.1 Å². The van der Waals surface area contributed by atoms with E-state index in [4.69, 9.17) is 0 Å². The van der Waals surface area contributed by atoms with E-state index >= 15 is 0 Å². The third-order valence-electron chi connectivity index (χ3n) is 4.34. The molecule has 19 heavy (non-hydrogen) atoms. The van der Waals surface area contributed by atoms with Gasteiger partial charge in [-0.1, -0.05) is 0 Å². The average molecular weight is 287 g/mol. The standard InChI is InChI=1S/C13H19F2N3S/c1-10-17-11(7-19-10)6-18-5-3-12(9-18)8-16-4-2-13(12,14)15/h7,16H,2-6,8-9H2,1H3. The minimum absolute atomic E-state index is 0.0311. The van der Waals surface area contributed by atoms with E-state index in [9.17, 15) is 8.78 Å². The molecule has 3 heterocycles. The lowest BCUT2D eigenvalue weighted by atomic mass is 9.76. The second-order valence-corrected chi connectivity index (χ2v) is 6.79. The van der Waals surface area contributed by atoms with Crippen molar-refractivity contribution >= 4 is 11.3 Å². The average Bonchev–Trinajstić information content (AvgIpc) is 2.92. The number of alkyl halides is 2. The molecule has 2 aliphatic rings. The monoisotopic (exact) mass is 287 g/mol. The van der Waals surface area contributed by atoms with E-state index in [2.05, 4.69) is 15.2 Å². The molecule has 1 N–H and O–H groups in total. The van der Waals surface area contributed by atoms with Crippen LogP contribution in [0.1, 0.15) is 23.5 Å². The van der Waals surface area contributed by atoms with Gasteiger partial charge in [-0.2, -0.15) is 0 Å². The Morgan fingerprint density at radius 2 is 2.32 bits per heavy atom. The van der Waals surface area contributed by atoms with Gasteiger partial charge in [0.25, 0.3) is 5.92 Å². The molecule has 0 bridgehead atoms. The molecule has 0 amide bonds. The van der Waals surface area contributed by atoms with E-state index < -0.39 is 11.3 Å². The van der Waals surface area contributed by atoms with E-state index in [1.165, 1.54) is 0 Å². The van der Waals surface area contributed by atoms with Crippen molar-refractivity contribution in [1.82, 2.24) is 15.2 Å². The van der Waals surface area contributed by atoms with Crippen molar-refractivity contribution in [3.8, 4) is 0 Å². The molecule has 1 unspecified atom stereocenters. The topological polar surface area (TPSA) is 28.2 Å². The zero-order valence-electron chi connectivity index (χ0n) is 11.1. The molecule has 106 valence electrons. The van der Waals surface area contributed by atoms with Crippen LogP contribution in [0.4, 0.5) is 8.78 Å². The first-order valence-electron chi connectivity index (χ1n) is 6.73. The van der Waals surface area contributed by atoms with Crippen LogP contribution in [-0.4, -0.2) is 42.0 Å². The molecule has 0 aromatic carbocycles. The van der Waals surface area contributed by atoms with Crippen LogP contribution in [0.2, 0.25) is 0 Å². The fourth-order valence-corrected chi connectivity index (χ4v) is 3.82. The van der Waals surface area contributed by atoms with Gasteiger partial charge in [0.15, 0.2) is 0 Å². The first-order valence-corrected chi connectivity index (χ1v) is 7.61. The SMILES string of the molecule is Cc1nc(CN2CCC3(CNCCC3(F)F)C2)cs1. The maximum absolute atomic E-state index is 14.2. The number of aromatic nitrogens is 1. The van der Waals surface area contributed by atoms with Crippen molar-refractivity contribution < 1.29 is 8.78 Å². The number of nitrogens with one attached hydrogen (secondary N) is 1. The predicted molar refractivity (Wildman–Crippen MR) is 71.6 cm³/mol. The largest absolute Gasteiger partial charge is 0.316 e. The number of hydrogen-bond donors (Lipinski definition) is 1. The molecule has 1 spiro atoms. The molecular formula is C13H19F2N3S. The summed E-state index contributed by atoms with van der Waals surface area (Å²) in [6.45, 7) is 4.76. The maximum Gasteiger partial charge on any atom is 0.257 e. The van der Waals surface area contributed by atoms with Gasteiger partial charge >= 0.3 is 0 Å². The predicted octanol–water partition coefficient (Wildman–Crippen LogP) is 2.27. The Kier molecular flexibility index (Phi) is 3.35. The number of aryl methyl sites for hydroxylation is 1. The van der Waals surface area contributed by atoms with E-state index in [0.29, 0.717) is 32.6 Å². The van der Waals surface area contributed by atoms with Crippen LogP contribution in [0.3, 0.4) is 0 Å². The van der Waals surface area contributed by atoms with Crippen molar-refractivity contribution in [2.24, 2.45) is 5.41 Å². The minimum Gasteiger partial charge on any atom is -0.316 e. The second-order valence-electron chi connectivity index (χ2n) is 5.73. The van der Waals surface area contributed by atoms with Crippen molar-refractivity contribution in [3.05, 3.63) is 16.1 Å². The number of thiazole rings is 1. The van der Waals surface area contributed by atoms with Crippen LogP contribution < -0.4 is 5.32 Å². The van der Waals surface area contributed by atoms with Gasteiger partial charge < -0.3 is 5.32 Å². The Morgan fingerprint density at radius 1 is 1.47 bits per heavy atom. The summed E-state index contributed by atoms with van der Waals surface area (Å²) < 4.78 is 28.4. The lowest BCUT2D eigenvalue weighted by Gasteiger charge is -2.41. The Bertz CT molecular complexity index is 462. The molecule has 2 aliphatic heterocycles. The summed E-state index contributed by atoms with van der Waals surface area (Å²) in [5.74, 6) is -2.54. The smallest absolute Gasteiger partial charge is 0.257 e. The Morgan fingerprint density at radius 3 is 3.00 bits per heavy atom. The number of piperidine rings is 1. The number of halogens is 2. The van der Waals surface area contributed by atoms with Crippen LogP contribution in [0.25, 0.3) is 0 Å². The van der Waals surface area contributed by atoms with Gasteiger partial charge in [-0.15, -0.1) is 11.3 Å². The third-order valence-corrected chi connectivity index (χ3v) is 5.16. The zero-order chi connectivity index (χ0) is 13.5. The van der Waals surface area contributed by atoms with Crippen LogP contribution in [0, 0.1) is 12.3 Å². The minimum atomic E-state index is -2.54. The molecular weight excluding hydrogens is 268 g/mol. The highest BCUT2D eigenvalue weighted by molar-refractivity contribution is 7.09. The molecule has 0 radical (unpaired) electrons.